The van der Waals surface area contributed by atoms with Gasteiger partial charge in [-0.25, -0.2) is 0 Å². The number of hydrogen-bond donors (Lipinski definition) is 0. The van der Waals surface area contributed by atoms with Gasteiger partial charge in [0.1, 0.15) is 6.29 Å². The Morgan fingerprint density at radius 3 is 2.50 bits per heavy atom. The molecule has 0 aliphatic rings. The van der Waals surface area contributed by atoms with Crippen molar-refractivity contribution >= 4 is 23.5 Å². The van der Waals surface area contributed by atoms with E-state index in [4.69, 9.17) is 11.6 Å². The van der Waals surface area contributed by atoms with Gasteiger partial charge in [-0.15, -0.1) is 11.6 Å². The number of aldehydes is 1. The number of carbonyl (C=O) groups excluding carboxylic acids is 1. The average molecular weight is 181 g/mol. The van der Waals surface area contributed by atoms with Gasteiger partial charge in [-0.3, -0.25) is 4.79 Å². The third-order valence-electron chi connectivity index (χ3n) is 1.56. The molecule has 62 valence electrons. The molecule has 0 unspecified atom stereocenters. The third-order valence-corrected chi connectivity index (χ3v) is 1.85. The predicted molar refractivity (Wildman–Crippen MR) is 51.2 cm³/mol. The summed E-state index contributed by atoms with van der Waals surface area (Å²) in [7, 11) is 0. The molecule has 12 heavy (non-hydrogen) atoms. The molecule has 1 aromatic rings. The van der Waals surface area contributed by atoms with Gasteiger partial charge >= 0.3 is 0 Å². The maximum atomic E-state index is 10.2. The van der Waals surface area contributed by atoms with Gasteiger partial charge < -0.3 is 0 Å². The van der Waals surface area contributed by atoms with Crippen molar-refractivity contribution in [3.8, 4) is 0 Å². The minimum absolute atomic E-state index is 0.364. The van der Waals surface area contributed by atoms with E-state index in [1.165, 1.54) is 6.08 Å². The van der Waals surface area contributed by atoms with Gasteiger partial charge in [0.2, 0.25) is 0 Å². The predicted octanol–water partition coefficient (Wildman–Crippen LogP) is 2.51. The fraction of sp³-hybridized carbons (Fsp3) is 0.100. The summed E-state index contributed by atoms with van der Waals surface area (Å²) >= 11 is 5.65. The van der Waals surface area contributed by atoms with Crippen molar-refractivity contribution < 1.29 is 4.79 Å². The van der Waals surface area contributed by atoms with E-state index >= 15 is 0 Å². The first-order valence-corrected chi connectivity index (χ1v) is 4.17. The Balaban J connectivity index is 2.95. The lowest BCUT2D eigenvalue weighted by Crippen LogP contribution is -1.85. The van der Waals surface area contributed by atoms with Gasteiger partial charge in [-0.05, 0) is 17.2 Å². The summed E-state index contributed by atoms with van der Waals surface area (Å²) in [6, 6.07) is 9.62. The molecule has 0 fully saturated rings. The van der Waals surface area contributed by atoms with Crippen molar-refractivity contribution in [2.75, 3.05) is 5.88 Å². The van der Waals surface area contributed by atoms with Crippen molar-refractivity contribution in [2.45, 2.75) is 0 Å². The zero-order valence-electron chi connectivity index (χ0n) is 6.53. The Morgan fingerprint density at radius 2 is 2.00 bits per heavy atom. The normalized spacial score (nSPS) is 11.2. The highest BCUT2D eigenvalue weighted by atomic mass is 35.5. The molecule has 1 nitrogen and oxygen atoms in total. The van der Waals surface area contributed by atoms with Gasteiger partial charge in [0.05, 0.1) is 0 Å². The van der Waals surface area contributed by atoms with Crippen molar-refractivity contribution in [2.24, 2.45) is 0 Å². The summed E-state index contributed by atoms with van der Waals surface area (Å²) in [5.74, 6) is 0.364. The smallest absolute Gasteiger partial charge is 0.143 e. The standard InChI is InChI=1S/C10H9ClO/c11-8-10(6-7-12)9-4-2-1-3-5-9/h1-7H,8H2/b10-6+. The Bertz CT molecular complexity index is 277. The van der Waals surface area contributed by atoms with Crippen LogP contribution in [0, 0.1) is 0 Å². The quantitative estimate of drug-likeness (QED) is 0.397. The molecule has 0 atom stereocenters. The fourth-order valence-corrected chi connectivity index (χ4v) is 1.20. The molecule has 0 amide bonds. The Labute approximate surface area is 76.7 Å². The van der Waals surface area contributed by atoms with E-state index in [2.05, 4.69) is 0 Å². The van der Waals surface area contributed by atoms with E-state index in [9.17, 15) is 4.79 Å². The molecule has 0 N–H and O–H groups in total. The second-order valence-electron chi connectivity index (χ2n) is 2.33. The van der Waals surface area contributed by atoms with Crippen LogP contribution in [0.4, 0.5) is 0 Å². The topological polar surface area (TPSA) is 17.1 Å². The molecule has 0 aromatic heterocycles. The number of benzene rings is 1. The average Bonchev–Trinajstić information content (AvgIpc) is 2.15. The summed E-state index contributed by atoms with van der Waals surface area (Å²) < 4.78 is 0. The van der Waals surface area contributed by atoms with Gasteiger partial charge in [-0.2, -0.15) is 0 Å². The first-order chi connectivity index (χ1) is 5.88. The van der Waals surface area contributed by atoms with Crippen LogP contribution in [0.3, 0.4) is 0 Å². The summed E-state index contributed by atoms with van der Waals surface area (Å²) in [5.41, 5.74) is 1.85. The Kier molecular flexibility index (Phi) is 3.55. The summed E-state index contributed by atoms with van der Waals surface area (Å²) in [4.78, 5) is 10.2. The van der Waals surface area contributed by atoms with Crippen LogP contribution in [0.25, 0.3) is 5.57 Å². The number of carbonyl (C=O) groups is 1. The van der Waals surface area contributed by atoms with E-state index in [-0.39, 0.29) is 0 Å². The monoisotopic (exact) mass is 180 g/mol. The highest BCUT2D eigenvalue weighted by Gasteiger charge is 1.96. The minimum Gasteiger partial charge on any atom is -0.299 e. The number of rotatable bonds is 3. The highest BCUT2D eigenvalue weighted by molar-refractivity contribution is 6.23. The first kappa shape index (κ1) is 9.01. The molecule has 0 saturated carbocycles. The molecule has 1 rings (SSSR count). The van der Waals surface area contributed by atoms with Crippen LogP contribution >= 0.6 is 11.6 Å². The Morgan fingerprint density at radius 1 is 1.33 bits per heavy atom. The largest absolute Gasteiger partial charge is 0.299 e. The molecule has 0 radical (unpaired) electrons. The lowest BCUT2D eigenvalue weighted by molar-refractivity contribution is -0.104. The van der Waals surface area contributed by atoms with Gasteiger partial charge in [0.15, 0.2) is 0 Å². The number of halogens is 1. The molecule has 2 heteroatoms. The van der Waals surface area contributed by atoms with Crippen molar-refractivity contribution in [3.63, 3.8) is 0 Å². The minimum atomic E-state index is 0.364. The second kappa shape index (κ2) is 4.73. The van der Waals surface area contributed by atoms with Crippen LogP contribution < -0.4 is 0 Å². The molecule has 0 bridgehead atoms. The maximum Gasteiger partial charge on any atom is 0.143 e. The van der Waals surface area contributed by atoms with Crippen LogP contribution in [-0.4, -0.2) is 12.2 Å². The van der Waals surface area contributed by atoms with E-state index in [1.54, 1.807) is 0 Å². The van der Waals surface area contributed by atoms with Crippen LogP contribution in [0.5, 0.6) is 0 Å². The lowest BCUT2D eigenvalue weighted by Gasteiger charge is -2.00. The highest BCUT2D eigenvalue weighted by Crippen LogP contribution is 2.14. The molecular weight excluding hydrogens is 172 g/mol. The lowest BCUT2D eigenvalue weighted by atomic mass is 10.1. The molecule has 0 spiro atoms. The summed E-state index contributed by atoms with van der Waals surface area (Å²) in [6.45, 7) is 0. The third kappa shape index (κ3) is 2.21. The number of allylic oxidation sites excluding steroid dienone is 2. The zero-order valence-corrected chi connectivity index (χ0v) is 7.29. The van der Waals surface area contributed by atoms with Crippen LogP contribution in [-0.2, 0) is 4.79 Å². The Hall–Kier alpha value is -1.08. The van der Waals surface area contributed by atoms with Crippen LogP contribution in [0.1, 0.15) is 5.56 Å². The summed E-state index contributed by atoms with van der Waals surface area (Å²) in [5, 5.41) is 0. The molecule has 0 saturated heterocycles. The number of alkyl halides is 1. The fourth-order valence-electron chi connectivity index (χ4n) is 0.952. The molecular formula is C10H9ClO. The van der Waals surface area contributed by atoms with Crippen LogP contribution in [0.2, 0.25) is 0 Å². The van der Waals surface area contributed by atoms with Crippen molar-refractivity contribution in [1.82, 2.24) is 0 Å². The van der Waals surface area contributed by atoms with E-state index in [0.29, 0.717) is 5.88 Å². The van der Waals surface area contributed by atoms with Gasteiger partial charge in [-0.1, -0.05) is 30.3 Å². The van der Waals surface area contributed by atoms with Gasteiger partial charge in [0.25, 0.3) is 0 Å². The van der Waals surface area contributed by atoms with Crippen molar-refractivity contribution in [1.29, 1.82) is 0 Å². The SMILES string of the molecule is O=C/C=C(\CCl)c1ccccc1. The molecule has 1 aromatic carbocycles. The molecule has 0 heterocycles. The summed E-state index contributed by atoms with van der Waals surface area (Å²) in [6.07, 6.45) is 2.24. The maximum absolute atomic E-state index is 10.2. The molecule has 0 aliphatic carbocycles. The van der Waals surface area contributed by atoms with Gasteiger partial charge in [0, 0.05) is 5.88 Å². The van der Waals surface area contributed by atoms with Crippen LogP contribution in [0.15, 0.2) is 36.4 Å². The van der Waals surface area contributed by atoms with E-state index < -0.39 is 0 Å². The molecule has 0 aliphatic heterocycles. The number of hydrogen-bond acceptors (Lipinski definition) is 1. The second-order valence-corrected chi connectivity index (χ2v) is 2.59. The van der Waals surface area contributed by atoms with E-state index in [0.717, 1.165) is 17.4 Å². The van der Waals surface area contributed by atoms with E-state index in [1.807, 2.05) is 30.3 Å². The first-order valence-electron chi connectivity index (χ1n) is 3.64. The zero-order chi connectivity index (χ0) is 8.81. The van der Waals surface area contributed by atoms with Crippen molar-refractivity contribution in [3.05, 3.63) is 42.0 Å².